The van der Waals surface area contributed by atoms with E-state index in [-0.39, 0.29) is 10.6 Å². The molecule has 1 unspecified atom stereocenters. The molecule has 0 bridgehead atoms. The van der Waals surface area contributed by atoms with Crippen LogP contribution >= 0.6 is 27.5 Å². The Morgan fingerprint density at radius 3 is 2.68 bits per heavy atom. The third-order valence-electron chi connectivity index (χ3n) is 2.85. The number of hydrogen-bond donors (Lipinski definition) is 0. The highest BCUT2D eigenvalue weighted by Crippen LogP contribution is 2.31. The number of rotatable bonds is 4. The van der Waals surface area contributed by atoms with Crippen LogP contribution in [0.4, 0.5) is 4.39 Å². The number of methoxy groups -OCH3 is 1. The van der Waals surface area contributed by atoms with E-state index in [0.717, 1.165) is 5.56 Å². The molecular weight excluding hydrogens is 331 g/mol. The smallest absolute Gasteiger partial charge is 0.131 e. The monoisotopic (exact) mass is 342 g/mol. The van der Waals surface area contributed by atoms with E-state index < -0.39 is 0 Å². The molecule has 2 aromatic carbocycles. The van der Waals surface area contributed by atoms with Crippen LogP contribution in [0.5, 0.6) is 5.75 Å². The number of benzene rings is 2. The van der Waals surface area contributed by atoms with Gasteiger partial charge in [-0.25, -0.2) is 4.39 Å². The molecule has 4 heteroatoms. The average molecular weight is 344 g/mol. The molecule has 0 aromatic heterocycles. The molecule has 2 rings (SSSR count). The second-order valence-corrected chi connectivity index (χ2v) is 5.73. The van der Waals surface area contributed by atoms with Gasteiger partial charge in [-0.3, -0.25) is 0 Å². The van der Waals surface area contributed by atoms with Crippen LogP contribution in [0.2, 0.25) is 5.02 Å². The first-order valence-electron chi connectivity index (χ1n) is 5.82. The van der Waals surface area contributed by atoms with Crippen molar-refractivity contribution in [3.63, 3.8) is 0 Å². The molecule has 0 saturated heterocycles. The third-order valence-corrected chi connectivity index (χ3v) is 3.90. The van der Waals surface area contributed by atoms with E-state index in [4.69, 9.17) is 16.3 Å². The fourth-order valence-corrected chi connectivity index (χ4v) is 2.83. The summed E-state index contributed by atoms with van der Waals surface area (Å²) in [5.41, 5.74) is 1.67. The standard InChI is InChI=1S/C15H13BrClFO/c1-19-12-5-6-13(15(18)9-12)14(16)8-10-3-2-4-11(17)7-10/h2-7,9,14H,8H2,1H3. The lowest BCUT2D eigenvalue weighted by Gasteiger charge is -2.12. The fourth-order valence-electron chi connectivity index (χ4n) is 1.87. The van der Waals surface area contributed by atoms with E-state index >= 15 is 0 Å². The second kappa shape index (κ2) is 6.40. The minimum Gasteiger partial charge on any atom is -0.497 e. The molecule has 1 atom stereocenters. The molecule has 0 aliphatic rings. The lowest BCUT2D eigenvalue weighted by Crippen LogP contribution is -1.99. The quantitative estimate of drug-likeness (QED) is 0.696. The molecule has 0 fully saturated rings. The van der Waals surface area contributed by atoms with E-state index in [9.17, 15) is 4.39 Å². The van der Waals surface area contributed by atoms with Crippen LogP contribution in [0, 0.1) is 5.82 Å². The lowest BCUT2D eigenvalue weighted by molar-refractivity contribution is 0.410. The molecule has 2 aromatic rings. The third kappa shape index (κ3) is 3.71. The van der Waals surface area contributed by atoms with E-state index in [0.29, 0.717) is 22.8 Å². The molecule has 0 saturated carbocycles. The molecule has 0 heterocycles. The van der Waals surface area contributed by atoms with Gasteiger partial charge < -0.3 is 4.74 Å². The van der Waals surface area contributed by atoms with Gasteiger partial charge in [-0.05, 0) is 30.2 Å². The van der Waals surface area contributed by atoms with Crippen molar-refractivity contribution in [3.8, 4) is 5.75 Å². The van der Waals surface area contributed by atoms with Crippen molar-refractivity contribution in [2.45, 2.75) is 11.2 Å². The zero-order valence-electron chi connectivity index (χ0n) is 10.4. The Kier molecular flexibility index (Phi) is 4.83. The first kappa shape index (κ1) is 14.4. The maximum Gasteiger partial charge on any atom is 0.131 e. The molecule has 0 spiro atoms. The highest BCUT2D eigenvalue weighted by molar-refractivity contribution is 9.09. The summed E-state index contributed by atoms with van der Waals surface area (Å²) >= 11 is 9.46. The Morgan fingerprint density at radius 2 is 2.05 bits per heavy atom. The topological polar surface area (TPSA) is 9.23 Å². The SMILES string of the molecule is COc1ccc(C(Br)Cc2cccc(Cl)c2)c(F)c1. The first-order valence-corrected chi connectivity index (χ1v) is 7.11. The van der Waals surface area contributed by atoms with Gasteiger partial charge in [0.15, 0.2) is 0 Å². The van der Waals surface area contributed by atoms with Gasteiger partial charge in [0.25, 0.3) is 0 Å². The highest BCUT2D eigenvalue weighted by Gasteiger charge is 2.14. The van der Waals surface area contributed by atoms with Crippen molar-refractivity contribution in [1.29, 1.82) is 0 Å². The van der Waals surface area contributed by atoms with Crippen molar-refractivity contribution in [2.75, 3.05) is 7.11 Å². The van der Waals surface area contributed by atoms with Gasteiger partial charge in [0.2, 0.25) is 0 Å². The molecular formula is C15H13BrClFO. The van der Waals surface area contributed by atoms with Gasteiger partial charge in [0.05, 0.1) is 7.11 Å². The predicted molar refractivity (Wildman–Crippen MR) is 79.8 cm³/mol. The Balaban J connectivity index is 2.18. The van der Waals surface area contributed by atoms with Crippen LogP contribution in [-0.2, 0) is 6.42 Å². The Hall–Kier alpha value is -1.06. The maximum absolute atomic E-state index is 13.9. The molecule has 0 amide bonds. The second-order valence-electron chi connectivity index (χ2n) is 4.19. The summed E-state index contributed by atoms with van der Waals surface area (Å²) in [4.78, 5) is -0.100. The number of ether oxygens (including phenoxy) is 1. The fraction of sp³-hybridized carbons (Fsp3) is 0.200. The lowest BCUT2D eigenvalue weighted by atomic mass is 10.0. The minimum absolute atomic E-state index is 0.100. The highest BCUT2D eigenvalue weighted by atomic mass is 79.9. The number of halogens is 3. The molecule has 100 valence electrons. The number of alkyl halides is 1. The Morgan fingerprint density at radius 1 is 1.26 bits per heavy atom. The van der Waals surface area contributed by atoms with Gasteiger partial charge in [0, 0.05) is 21.5 Å². The zero-order chi connectivity index (χ0) is 13.8. The molecule has 0 aliphatic carbocycles. The van der Waals surface area contributed by atoms with Crippen LogP contribution in [0.3, 0.4) is 0 Å². The largest absolute Gasteiger partial charge is 0.497 e. The summed E-state index contributed by atoms with van der Waals surface area (Å²) < 4.78 is 18.9. The van der Waals surface area contributed by atoms with E-state index in [1.165, 1.54) is 13.2 Å². The van der Waals surface area contributed by atoms with Crippen LogP contribution in [-0.4, -0.2) is 7.11 Å². The zero-order valence-corrected chi connectivity index (χ0v) is 12.7. The van der Waals surface area contributed by atoms with Gasteiger partial charge in [-0.2, -0.15) is 0 Å². The van der Waals surface area contributed by atoms with Gasteiger partial charge in [0.1, 0.15) is 11.6 Å². The van der Waals surface area contributed by atoms with Gasteiger partial charge in [-0.15, -0.1) is 0 Å². The van der Waals surface area contributed by atoms with Gasteiger partial charge >= 0.3 is 0 Å². The van der Waals surface area contributed by atoms with Crippen LogP contribution in [0.25, 0.3) is 0 Å². The number of hydrogen-bond acceptors (Lipinski definition) is 1. The summed E-state index contributed by atoms with van der Waals surface area (Å²) in [5.74, 6) is 0.243. The van der Waals surface area contributed by atoms with Crippen molar-refractivity contribution < 1.29 is 9.13 Å². The van der Waals surface area contributed by atoms with Crippen molar-refractivity contribution in [3.05, 3.63) is 64.4 Å². The van der Waals surface area contributed by atoms with E-state index in [1.54, 1.807) is 12.1 Å². The van der Waals surface area contributed by atoms with Crippen molar-refractivity contribution in [1.82, 2.24) is 0 Å². The van der Waals surface area contributed by atoms with Crippen LogP contribution in [0.1, 0.15) is 16.0 Å². The molecule has 19 heavy (non-hydrogen) atoms. The normalized spacial score (nSPS) is 12.2. The van der Waals surface area contributed by atoms with Crippen molar-refractivity contribution in [2.24, 2.45) is 0 Å². The molecule has 0 N–H and O–H groups in total. The van der Waals surface area contributed by atoms with Gasteiger partial charge in [-0.1, -0.05) is 45.7 Å². The van der Waals surface area contributed by atoms with E-state index in [2.05, 4.69) is 15.9 Å². The summed E-state index contributed by atoms with van der Waals surface area (Å²) in [6.07, 6.45) is 0.670. The molecule has 0 radical (unpaired) electrons. The van der Waals surface area contributed by atoms with Crippen LogP contribution in [0.15, 0.2) is 42.5 Å². The summed E-state index contributed by atoms with van der Waals surface area (Å²) in [6, 6.07) is 12.5. The average Bonchev–Trinajstić information content (AvgIpc) is 2.38. The minimum atomic E-state index is -0.275. The molecule has 1 nitrogen and oxygen atoms in total. The molecule has 0 aliphatic heterocycles. The first-order chi connectivity index (χ1) is 9.10. The Labute approximate surface area is 125 Å². The Bertz CT molecular complexity index is 574. The maximum atomic E-state index is 13.9. The predicted octanol–water partition coefficient (Wildman–Crippen LogP) is 5.17. The van der Waals surface area contributed by atoms with E-state index in [1.807, 2.05) is 24.3 Å². The summed E-state index contributed by atoms with van der Waals surface area (Å²) in [7, 11) is 1.52. The summed E-state index contributed by atoms with van der Waals surface area (Å²) in [5, 5.41) is 0.687. The van der Waals surface area contributed by atoms with Crippen LogP contribution < -0.4 is 4.74 Å². The van der Waals surface area contributed by atoms with Crippen molar-refractivity contribution >= 4 is 27.5 Å². The summed E-state index contributed by atoms with van der Waals surface area (Å²) in [6.45, 7) is 0.